The molecular formula is C24H17BrClN3O4. The van der Waals surface area contributed by atoms with E-state index in [4.69, 9.17) is 16.3 Å². The van der Waals surface area contributed by atoms with Crippen LogP contribution in [0.4, 0.5) is 11.4 Å². The number of nitro groups is 1. The number of aryl methyl sites for hydroxylation is 1. The van der Waals surface area contributed by atoms with Gasteiger partial charge in [0.2, 0.25) is 0 Å². The summed E-state index contributed by atoms with van der Waals surface area (Å²) in [4.78, 5) is 22.8. The quantitative estimate of drug-likeness (QED) is 0.165. The number of non-ortho nitro benzene ring substituents is 1. The first-order chi connectivity index (χ1) is 15.8. The molecule has 166 valence electrons. The van der Waals surface area contributed by atoms with Crippen LogP contribution < -0.4 is 10.1 Å². The Kier molecular flexibility index (Phi) is 7.83. The van der Waals surface area contributed by atoms with Crippen molar-refractivity contribution in [3.05, 3.63) is 103 Å². The van der Waals surface area contributed by atoms with Gasteiger partial charge in [-0.25, -0.2) is 0 Å². The number of nitro benzene ring substituents is 1. The van der Waals surface area contributed by atoms with Gasteiger partial charge in [0.05, 0.1) is 9.40 Å². The molecule has 0 atom stereocenters. The SMILES string of the molecule is Cc1ccc(NC(=O)/C(C#N)=C\c2ccc(OCc3ccc([N+](=O)[O-])cc3)c(Br)c2)cc1Cl. The maximum atomic E-state index is 12.5. The molecule has 0 fully saturated rings. The lowest BCUT2D eigenvalue weighted by molar-refractivity contribution is -0.384. The van der Waals surface area contributed by atoms with Gasteiger partial charge in [0.25, 0.3) is 11.6 Å². The van der Waals surface area contributed by atoms with Crippen molar-refractivity contribution in [2.45, 2.75) is 13.5 Å². The predicted molar refractivity (Wildman–Crippen MR) is 130 cm³/mol. The van der Waals surface area contributed by atoms with E-state index in [1.54, 1.807) is 48.5 Å². The zero-order valence-corrected chi connectivity index (χ0v) is 19.7. The number of ether oxygens (including phenoxy) is 1. The Morgan fingerprint density at radius 3 is 2.55 bits per heavy atom. The second kappa shape index (κ2) is 10.8. The maximum absolute atomic E-state index is 12.5. The Balaban J connectivity index is 1.69. The monoisotopic (exact) mass is 525 g/mol. The third-order valence-electron chi connectivity index (χ3n) is 4.60. The van der Waals surface area contributed by atoms with Gasteiger partial charge in [-0.15, -0.1) is 0 Å². The zero-order chi connectivity index (χ0) is 24.0. The Labute approximate surface area is 203 Å². The van der Waals surface area contributed by atoms with E-state index in [0.717, 1.165) is 11.1 Å². The minimum atomic E-state index is -0.549. The van der Waals surface area contributed by atoms with Crippen molar-refractivity contribution in [3.63, 3.8) is 0 Å². The van der Waals surface area contributed by atoms with Crippen LogP contribution in [-0.2, 0) is 11.4 Å². The van der Waals surface area contributed by atoms with Crippen LogP contribution in [0.2, 0.25) is 5.02 Å². The molecule has 0 spiro atoms. The number of nitriles is 1. The van der Waals surface area contributed by atoms with Crippen LogP contribution >= 0.6 is 27.5 Å². The first kappa shape index (κ1) is 24.0. The molecule has 3 aromatic rings. The lowest BCUT2D eigenvalue weighted by atomic mass is 10.1. The third-order valence-corrected chi connectivity index (χ3v) is 5.63. The summed E-state index contributed by atoms with van der Waals surface area (Å²) < 4.78 is 6.39. The Bertz CT molecular complexity index is 1280. The minimum Gasteiger partial charge on any atom is -0.488 e. The summed E-state index contributed by atoms with van der Waals surface area (Å²) in [6, 6.07) is 18.2. The number of nitrogens with zero attached hydrogens (tertiary/aromatic N) is 2. The van der Waals surface area contributed by atoms with Crippen molar-refractivity contribution in [1.29, 1.82) is 5.26 Å². The Morgan fingerprint density at radius 1 is 1.21 bits per heavy atom. The molecule has 1 N–H and O–H groups in total. The fraction of sp³-hybridized carbons (Fsp3) is 0.0833. The molecule has 0 unspecified atom stereocenters. The molecule has 0 aromatic heterocycles. The van der Waals surface area contributed by atoms with Gasteiger partial charge in [0.15, 0.2) is 0 Å². The molecule has 0 bridgehead atoms. The summed E-state index contributed by atoms with van der Waals surface area (Å²) in [5, 5.41) is 23.4. The van der Waals surface area contributed by atoms with Gasteiger partial charge >= 0.3 is 0 Å². The number of amides is 1. The molecule has 1 amide bonds. The zero-order valence-electron chi connectivity index (χ0n) is 17.3. The fourth-order valence-electron chi connectivity index (χ4n) is 2.78. The van der Waals surface area contributed by atoms with Crippen LogP contribution in [0, 0.1) is 28.4 Å². The van der Waals surface area contributed by atoms with E-state index in [2.05, 4.69) is 21.2 Å². The summed E-state index contributed by atoms with van der Waals surface area (Å²) in [6.07, 6.45) is 1.47. The molecule has 0 heterocycles. The Hall–Kier alpha value is -3.67. The number of anilines is 1. The van der Waals surface area contributed by atoms with Crippen LogP contribution in [-0.4, -0.2) is 10.8 Å². The van der Waals surface area contributed by atoms with Gasteiger partial charge in [-0.3, -0.25) is 14.9 Å². The number of carbonyl (C=O) groups excluding carboxylic acids is 1. The highest BCUT2D eigenvalue weighted by Crippen LogP contribution is 2.28. The van der Waals surface area contributed by atoms with E-state index >= 15 is 0 Å². The van der Waals surface area contributed by atoms with Crippen LogP contribution in [0.3, 0.4) is 0 Å². The number of hydrogen-bond donors (Lipinski definition) is 1. The summed E-state index contributed by atoms with van der Waals surface area (Å²) in [5.74, 6) is -0.00482. The van der Waals surface area contributed by atoms with E-state index in [-0.39, 0.29) is 17.9 Å². The molecule has 0 saturated heterocycles. The molecule has 33 heavy (non-hydrogen) atoms. The first-order valence-corrected chi connectivity index (χ1v) is 10.8. The maximum Gasteiger partial charge on any atom is 0.269 e. The molecule has 3 aromatic carbocycles. The van der Waals surface area contributed by atoms with Crippen molar-refractivity contribution in [3.8, 4) is 11.8 Å². The molecule has 0 aliphatic carbocycles. The number of rotatable bonds is 7. The normalized spacial score (nSPS) is 10.9. The van der Waals surface area contributed by atoms with Gasteiger partial charge in [0, 0.05) is 22.8 Å². The molecule has 7 nitrogen and oxygen atoms in total. The standard InChI is InChI=1S/C24H17BrClN3O4/c1-15-2-6-19(12-22(15)26)28-24(30)18(13-27)10-17-5-9-23(21(25)11-17)33-14-16-3-7-20(8-4-16)29(31)32/h2-12H,14H2,1H3,(H,28,30)/b18-10-. The number of halogens is 2. The van der Waals surface area contributed by atoms with E-state index in [0.29, 0.717) is 26.5 Å². The highest BCUT2D eigenvalue weighted by Gasteiger charge is 2.12. The predicted octanol–water partition coefficient (Wildman–Crippen LogP) is 6.44. The molecule has 0 saturated carbocycles. The third kappa shape index (κ3) is 6.42. The van der Waals surface area contributed by atoms with E-state index in [9.17, 15) is 20.2 Å². The van der Waals surface area contributed by atoms with Gasteiger partial charge in [0.1, 0.15) is 24.0 Å². The van der Waals surface area contributed by atoms with Gasteiger partial charge in [-0.1, -0.05) is 23.7 Å². The van der Waals surface area contributed by atoms with Gasteiger partial charge < -0.3 is 10.1 Å². The van der Waals surface area contributed by atoms with Gasteiger partial charge in [-0.2, -0.15) is 5.26 Å². The Morgan fingerprint density at radius 2 is 1.94 bits per heavy atom. The largest absolute Gasteiger partial charge is 0.488 e. The van der Waals surface area contributed by atoms with Crippen LogP contribution in [0.25, 0.3) is 6.08 Å². The molecule has 0 aliphatic rings. The van der Waals surface area contributed by atoms with Crippen molar-refractivity contribution in [2.75, 3.05) is 5.32 Å². The van der Waals surface area contributed by atoms with Crippen LogP contribution in [0.5, 0.6) is 5.75 Å². The van der Waals surface area contributed by atoms with Crippen molar-refractivity contribution in [1.82, 2.24) is 0 Å². The number of hydrogen-bond acceptors (Lipinski definition) is 5. The fourth-order valence-corrected chi connectivity index (χ4v) is 3.47. The highest BCUT2D eigenvalue weighted by molar-refractivity contribution is 9.10. The number of benzene rings is 3. The van der Waals surface area contributed by atoms with E-state index in [1.807, 2.05) is 13.0 Å². The minimum absolute atomic E-state index is 0.0129. The summed E-state index contributed by atoms with van der Waals surface area (Å²) >= 11 is 9.51. The van der Waals surface area contributed by atoms with Crippen molar-refractivity contribution < 1.29 is 14.5 Å². The van der Waals surface area contributed by atoms with Crippen molar-refractivity contribution in [2.24, 2.45) is 0 Å². The lowest BCUT2D eigenvalue weighted by Crippen LogP contribution is -2.13. The van der Waals surface area contributed by atoms with E-state index < -0.39 is 10.8 Å². The summed E-state index contributed by atoms with van der Waals surface area (Å²) in [5.41, 5.74) is 2.71. The van der Waals surface area contributed by atoms with E-state index in [1.165, 1.54) is 18.2 Å². The topological polar surface area (TPSA) is 105 Å². The molecule has 3 rings (SSSR count). The first-order valence-electron chi connectivity index (χ1n) is 9.62. The number of carbonyl (C=O) groups is 1. The molecular weight excluding hydrogens is 510 g/mol. The second-order valence-electron chi connectivity index (χ2n) is 6.99. The second-order valence-corrected chi connectivity index (χ2v) is 8.25. The summed E-state index contributed by atoms with van der Waals surface area (Å²) in [6.45, 7) is 2.07. The molecule has 9 heteroatoms. The van der Waals surface area contributed by atoms with Crippen LogP contribution in [0.15, 0.2) is 70.7 Å². The van der Waals surface area contributed by atoms with Gasteiger partial charge in [-0.05, 0) is 82.0 Å². The highest BCUT2D eigenvalue weighted by atomic mass is 79.9. The molecule has 0 aliphatic heterocycles. The lowest BCUT2D eigenvalue weighted by Gasteiger charge is -2.09. The number of nitrogens with one attached hydrogen (secondary N) is 1. The average Bonchev–Trinajstić information content (AvgIpc) is 2.79. The summed E-state index contributed by atoms with van der Waals surface area (Å²) in [7, 11) is 0. The molecule has 0 radical (unpaired) electrons. The average molecular weight is 527 g/mol. The van der Waals surface area contributed by atoms with Crippen LogP contribution in [0.1, 0.15) is 16.7 Å². The van der Waals surface area contributed by atoms with Crippen molar-refractivity contribution >= 4 is 50.9 Å². The smallest absolute Gasteiger partial charge is 0.269 e.